The molecule has 0 atom stereocenters. The highest BCUT2D eigenvalue weighted by Gasteiger charge is 2.15. The van der Waals surface area contributed by atoms with Gasteiger partial charge in [-0.1, -0.05) is 0 Å². The van der Waals surface area contributed by atoms with Crippen LogP contribution in [0, 0.1) is 10.1 Å². The Hall–Kier alpha value is -3.03. The normalized spacial score (nSPS) is 10.2. The van der Waals surface area contributed by atoms with Crippen molar-refractivity contribution in [3.8, 4) is 0 Å². The molecule has 20 heavy (non-hydrogen) atoms. The van der Waals surface area contributed by atoms with Crippen molar-refractivity contribution >= 4 is 28.8 Å². The highest BCUT2D eigenvalue weighted by atomic mass is 16.6. The van der Waals surface area contributed by atoms with E-state index < -0.39 is 22.7 Å². The molecule has 8 nitrogen and oxygen atoms in total. The first-order chi connectivity index (χ1) is 9.54. The number of nitrogens with zero attached hydrogens (tertiary/aromatic N) is 1. The number of carbonyl (C=O) groups excluding carboxylic acids is 2. The van der Waals surface area contributed by atoms with Crippen LogP contribution in [0.4, 0.5) is 5.69 Å². The Morgan fingerprint density at radius 2 is 2.20 bits per heavy atom. The number of benzene rings is 1. The standard InChI is InChI=1S/C12H8N2O6/c15-6-20-5-11(16)9-4-13-10-3-7(14(18)19)1-2-8(10)12(9)17/h1-4,6H,5H2,(H,13,17). The monoisotopic (exact) mass is 276 g/mol. The summed E-state index contributed by atoms with van der Waals surface area (Å²) in [5.74, 6) is -0.654. The molecule has 0 radical (unpaired) electrons. The molecule has 1 aromatic heterocycles. The quantitative estimate of drug-likeness (QED) is 0.373. The summed E-state index contributed by atoms with van der Waals surface area (Å²) >= 11 is 0. The number of carbonyl (C=O) groups is 2. The van der Waals surface area contributed by atoms with Crippen molar-refractivity contribution < 1.29 is 19.2 Å². The molecule has 1 heterocycles. The Bertz CT molecular complexity index is 764. The number of Topliss-reactive ketones (excluding diaryl/α,β-unsaturated/α-hetero) is 1. The smallest absolute Gasteiger partial charge is 0.293 e. The Labute approximate surface area is 111 Å². The molecular formula is C12H8N2O6. The number of non-ortho nitro benzene ring substituents is 1. The first-order valence-electron chi connectivity index (χ1n) is 5.43. The molecule has 0 bridgehead atoms. The summed E-state index contributed by atoms with van der Waals surface area (Å²) in [4.78, 5) is 46.4. The van der Waals surface area contributed by atoms with E-state index in [4.69, 9.17) is 0 Å². The highest BCUT2D eigenvalue weighted by molar-refractivity contribution is 5.99. The SMILES string of the molecule is O=COCC(=O)c1c[nH]c2cc([N+](=O)[O-])ccc2c1=O. The second-order valence-electron chi connectivity index (χ2n) is 3.85. The number of nitro benzene ring substituents is 1. The van der Waals surface area contributed by atoms with Crippen LogP contribution in [0.1, 0.15) is 10.4 Å². The molecule has 0 unspecified atom stereocenters. The van der Waals surface area contributed by atoms with E-state index in [1.165, 1.54) is 18.2 Å². The molecule has 2 rings (SSSR count). The number of aromatic amines is 1. The van der Waals surface area contributed by atoms with Crippen molar-refractivity contribution in [3.63, 3.8) is 0 Å². The average molecular weight is 276 g/mol. The molecule has 0 spiro atoms. The van der Waals surface area contributed by atoms with Gasteiger partial charge in [0.15, 0.2) is 12.0 Å². The number of ether oxygens (including phenoxy) is 1. The summed E-state index contributed by atoms with van der Waals surface area (Å²) < 4.78 is 4.30. The Morgan fingerprint density at radius 1 is 1.45 bits per heavy atom. The number of nitro groups is 1. The molecule has 102 valence electrons. The Morgan fingerprint density at radius 3 is 2.85 bits per heavy atom. The minimum atomic E-state index is -0.654. The minimum absolute atomic E-state index is 0.108. The van der Waals surface area contributed by atoms with Crippen LogP contribution in [0.3, 0.4) is 0 Å². The summed E-state index contributed by atoms with van der Waals surface area (Å²) in [6.45, 7) is -0.429. The highest BCUT2D eigenvalue weighted by Crippen LogP contribution is 2.17. The van der Waals surface area contributed by atoms with Crippen molar-refractivity contribution in [1.29, 1.82) is 0 Å². The van der Waals surface area contributed by atoms with Gasteiger partial charge in [0.1, 0.15) is 0 Å². The summed E-state index contributed by atoms with van der Waals surface area (Å²) in [6, 6.07) is 3.64. The fraction of sp³-hybridized carbons (Fsp3) is 0.0833. The number of rotatable bonds is 5. The summed E-state index contributed by atoms with van der Waals surface area (Å²) in [6.07, 6.45) is 1.14. The second-order valence-corrected chi connectivity index (χ2v) is 3.85. The molecule has 0 aliphatic carbocycles. The van der Waals surface area contributed by atoms with E-state index in [-0.39, 0.29) is 28.6 Å². The van der Waals surface area contributed by atoms with Crippen LogP contribution in [-0.2, 0) is 9.53 Å². The maximum absolute atomic E-state index is 12.1. The first kappa shape index (κ1) is 13.4. The molecule has 0 fully saturated rings. The fourth-order valence-corrected chi connectivity index (χ4v) is 1.72. The lowest BCUT2D eigenvalue weighted by Crippen LogP contribution is -2.19. The minimum Gasteiger partial charge on any atom is -0.459 e. The first-order valence-corrected chi connectivity index (χ1v) is 5.43. The van der Waals surface area contributed by atoms with Gasteiger partial charge in [-0.05, 0) is 6.07 Å². The van der Waals surface area contributed by atoms with E-state index in [9.17, 15) is 24.5 Å². The van der Waals surface area contributed by atoms with Crippen LogP contribution >= 0.6 is 0 Å². The lowest BCUT2D eigenvalue weighted by molar-refractivity contribution is -0.384. The van der Waals surface area contributed by atoms with Gasteiger partial charge in [-0.25, -0.2) is 0 Å². The van der Waals surface area contributed by atoms with Crippen molar-refractivity contribution in [3.05, 3.63) is 50.3 Å². The van der Waals surface area contributed by atoms with Gasteiger partial charge in [-0.2, -0.15) is 0 Å². The lowest BCUT2D eigenvalue weighted by Gasteiger charge is -2.02. The van der Waals surface area contributed by atoms with Crippen LogP contribution in [0.25, 0.3) is 10.9 Å². The number of ketones is 1. The van der Waals surface area contributed by atoms with Gasteiger partial charge in [0.25, 0.3) is 12.2 Å². The number of hydrogen-bond donors (Lipinski definition) is 1. The largest absolute Gasteiger partial charge is 0.459 e. The number of H-pyrrole nitrogens is 1. The van der Waals surface area contributed by atoms with Gasteiger partial charge >= 0.3 is 0 Å². The van der Waals surface area contributed by atoms with E-state index in [1.807, 2.05) is 0 Å². The van der Waals surface area contributed by atoms with Crippen LogP contribution in [-0.4, -0.2) is 28.8 Å². The topological polar surface area (TPSA) is 119 Å². The van der Waals surface area contributed by atoms with Gasteiger partial charge in [0.05, 0.1) is 16.0 Å². The molecule has 1 aromatic carbocycles. The zero-order valence-corrected chi connectivity index (χ0v) is 9.99. The molecule has 2 aromatic rings. The molecule has 0 amide bonds. The van der Waals surface area contributed by atoms with Crippen molar-refractivity contribution in [2.24, 2.45) is 0 Å². The van der Waals surface area contributed by atoms with Crippen molar-refractivity contribution in [1.82, 2.24) is 4.98 Å². The molecule has 8 heteroatoms. The third-order valence-corrected chi connectivity index (χ3v) is 2.66. The number of pyridine rings is 1. The van der Waals surface area contributed by atoms with E-state index in [0.717, 1.165) is 6.20 Å². The van der Waals surface area contributed by atoms with Gasteiger partial charge in [-0.3, -0.25) is 24.5 Å². The summed E-state index contributed by atoms with van der Waals surface area (Å²) in [5.41, 5.74) is -0.671. The van der Waals surface area contributed by atoms with Gasteiger partial charge in [-0.15, -0.1) is 0 Å². The zero-order valence-electron chi connectivity index (χ0n) is 9.99. The van der Waals surface area contributed by atoms with E-state index >= 15 is 0 Å². The zero-order chi connectivity index (χ0) is 14.7. The molecule has 0 aliphatic heterocycles. The number of hydrogen-bond acceptors (Lipinski definition) is 6. The maximum atomic E-state index is 12.1. The third-order valence-electron chi connectivity index (χ3n) is 2.66. The van der Waals surface area contributed by atoms with E-state index in [0.29, 0.717) is 0 Å². The number of aromatic nitrogens is 1. The van der Waals surface area contributed by atoms with E-state index in [2.05, 4.69) is 9.72 Å². The molecule has 0 saturated carbocycles. The van der Waals surface area contributed by atoms with Crippen molar-refractivity contribution in [2.75, 3.05) is 6.61 Å². The van der Waals surface area contributed by atoms with Crippen LogP contribution in [0.5, 0.6) is 0 Å². The fourth-order valence-electron chi connectivity index (χ4n) is 1.72. The lowest BCUT2D eigenvalue weighted by atomic mass is 10.1. The Balaban J connectivity index is 2.52. The molecule has 0 aliphatic rings. The predicted molar refractivity (Wildman–Crippen MR) is 67.6 cm³/mol. The Kier molecular flexibility index (Phi) is 3.56. The summed E-state index contributed by atoms with van der Waals surface area (Å²) in [7, 11) is 0. The maximum Gasteiger partial charge on any atom is 0.293 e. The van der Waals surface area contributed by atoms with Crippen molar-refractivity contribution in [2.45, 2.75) is 0 Å². The van der Waals surface area contributed by atoms with Crippen LogP contribution < -0.4 is 5.43 Å². The third kappa shape index (κ3) is 2.39. The van der Waals surface area contributed by atoms with Crippen LogP contribution in [0.15, 0.2) is 29.2 Å². The van der Waals surface area contributed by atoms with Gasteiger partial charge < -0.3 is 9.72 Å². The second kappa shape index (κ2) is 5.31. The van der Waals surface area contributed by atoms with E-state index in [1.54, 1.807) is 0 Å². The van der Waals surface area contributed by atoms with Gasteiger partial charge in [0, 0.05) is 23.7 Å². The predicted octanol–water partition coefficient (Wildman–Crippen LogP) is 0.792. The van der Waals surface area contributed by atoms with Crippen LogP contribution in [0.2, 0.25) is 0 Å². The average Bonchev–Trinajstić information content (AvgIpc) is 2.44. The number of fused-ring (bicyclic) bond motifs is 1. The molecule has 0 saturated heterocycles. The molecule has 1 N–H and O–H groups in total. The number of nitrogens with one attached hydrogen (secondary N) is 1. The van der Waals surface area contributed by atoms with Gasteiger partial charge in [0.2, 0.25) is 5.78 Å². The molecular weight excluding hydrogens is 268 g/mol. The summed E-state index contributed by atoms with van der Waals surface area (Å²) in [5, 5.41) is 10.8.